The van der Waals surface area contributed by atoms with Gasteiger partial charge in [0, 0.05) is 43.0 Å². The number of hydrogen-bond acceptors (Lipinski definition) is 5. The molecule has 0 radical (unpaired) electrons. The van der Waals surface area contributed by atoms with Gasteiger partial charge in [-0.05, 0) is 62.7 Å². The molecule has 1 saturated heterocycles. The summed E-state index contributed by atoms with van der Waals surface area (Å²) in [4.78, 5) is 28.6. The molecule has 0 saturated carbocycles. The SMILES string of the molecule is CCCOc1ccc(C(=O)N2CCN(c3ccc(C(C)=O)cc3)CC2)cc1OCC. The average molecular weight is 411 g/mol. The molecular weight excluding hydrogens is 380 g/mol. The number of ketones is 1. The van der Waals surface area contributed by atoms with E-state index in [1.807, 2.05) is 48.2 Å². The normalized spacial score (nSPS) is 13.8. The first-order valence-corrected chi connectivity index (χ1v) is 10.6. The molecule has 3 rings (SSSR count). The van der Waals surface area contributed by atoms with Crippen LogP contribution < -0.4 is 14.4 Å². The van der Waals surface area contributed by atoms with Gasteiger partial charge in [-0.2, -0.15) is 0 Å². The fourth-order valence-corrected chi connectivity index (χ4v) is 3.50. The summed E-state index contributed by atoms with van der Waals surface area (Å²) < 4.78 is 11.4. The molecule has 0 N–H and O–H groups in total. The van der Waals surface area contributed by atoms with Crippen molar-refractivity contribution in [2.45, 2.75) is 27.2 Å². The van der Waals surface area contributed by atoms with E-state index in [2.05, 4.69) is 11.8 Å². The molecule has 1 heterocycles. The van der Waals surface area contributed by atoms with Crippen molar-refractivity contribution in [1.29, 1.82) is 0 Å². The van der Waals surface area contributed by atoms with E-state index in [0.717, 1.165) is 25.2 Å². The number of piperazine rings is 1. The standard InChI is InChI=1S/C24H30N2O4/c1-4-16-30-22-11-8-20(17-23(22)29-5-2)24(28)26-14-12-25(13-15-26)21-9-6-19(7-10-21)18(3)27/h6-11,17H,4-5,12-16H2,1-3H3. The number of ether oxygens (including phenoxy) is 2. The van der Waals surface area contributed by atoms with Crippen LogP contribution in [-0.2, 0) is 0 Å². The largest absolute Gasteiger partial charge is 0.490 e. The Kier molecular flexibility index (Phi) is 7.33. The van der Waals surface area contributed by atoms with Crippen LogP contribution in [0.1, 0.15) is 47.9 Å². The van der Waals surface area contributed by atoms with Crippen LogP contribution in [0, 0.1) is 0 Å². The van der Waals surface area contributed by atoms with Crippen LogP contribution in [-0.4, -0.2) is 56.0 Å². The molecule has 160 valence electrons. The molecule has 1 amide bonds. The number of hydrogen-bond donors (Lipinski definition) is 0. The van der Waals surface area contributed by atoms with E-state index in [1.165, 1.54) is 0 Å². The number of rotatable bonds is 8. The van der Waals surface area contributed by atoms with Crippen molar-refractivity contribution in [1.82, 2.24) is 4.90 Å². The maximum absolute atomic E-state index is 13.0. The predicted molar refractivity (Wildman–Crippen MR) is 118 cm³/mol. The van der Waals surface area contributed by atoms with E-state index in [1.54, 1.807) is 13.0 Å². The molecule has 0 aliphatic carbocycles. The molecule has 0 aromatic heterocycles. The van der Waals surface area contributed by atoms with Crippen LogP contribution in [0.2, 0.25) is 0 Å². The first-order valence-electron chi connectivity index (χ1n) is 10.6. The lowest BCUT2D eigenvalue weighted by Crippen LogP contribution is -2.48. The van der Waals surface area contributed by atoms with Gasteiger partial charge in [0.25, 0.3) is 5.91 Å². The minimum atomic E-state index is 0.00423. The third kappa shape index (κ3) is 5.12. The number of benzene rings is 2. The van der Waals surface area contributed by atoms with Gasteiger partial charge in [-0.1, -0.05) is 6.92 Å². The zero-order valence-electron chi connectivity index (χ0n) is 18.0. The van der Waals surface area contributed by atoms with E-state index in [-0.39, 0.29) is 11.7 Å². The first kappa shape index (κ1) is 21.7. The summed E-state index contributed by atoms with van der Waals surface area (Å²) in [5.74, 6) is 1.36. The highest BCUT2D eigenvalue weighted by molar-refractivity contribution is 5.95. The summed E-state index contributed by atoms with van der Waals surface area (Å²) in [5, 5.41) is 0. The van der Waals surface area contributed by atoms with Crippen LogP contribution >= 0.6 is 0 Å². The maximum atomic E-state index is 13.0. The third-order valence-corrected chi connectivity index (χ3v) is 5.16. The van der Waals surface area contributed by atoms with Crippen molar-refractivity contribution in [2.75, 3.05) is 44.3 Å². The van der Waals surface area contributed by atoms with Crippen molar-refractivity contribution in [3.8, 4) is 11.5 Å². The van der Waals surface area contributed by atoms with E-state index >= 15 is 0 Å². The fourth-order valence-electron chi connectivity index (χ4n) is 3.50. The van der Waals surface area contributed by atoms with Crippen molar-refractivity contribution in [3.05, 3.63) is 53.6 Å². The zero-order valence-corrected chi connectivity index (χ0v) is 18.0. The minimum absolute atomic E-state index is 0.00423. The molecule has 2 aromatic carbocycles. The Hall–Kier alpha value is -3.02. The number of Topliss-reactive ketones (excluding diaryl/α,β-unsaturated/α-hetero) is 1. The summed E-state index contributed by atoms with van der Waals surface area (Å²) in [6, 6.07) is 13.1. The molecule has 0 spiro atoms. The molecule has 1 aliphatic heterocycles. The van der Waals surface area contributed by atoms with Gasteiger partial charge in [-0.15, -0.1) is 0 Å². The molecule has 2 aromatic rings. The number of carbonyl (C=O) groups is 2. The Morgan fingerprint density at radius 1 is 0.867 bits per heavy atom. The van der Waals surface area contributed by atoms with Gasteiger partial charge in [-0.25, -0.2) is 0 Å². The average Bonchev–Trinajstić information content (AvgIpc) is 2.78. The summed E-state index contributed by atoms with van der Waals surface area (Å²) in [5.41, 5.74) is 2.40. The Morgan fingerprint density at radius 2 is 1.53 bits per heavy atom. The highest BCUT2D eigenvalue weighted by atomic mass is 16.5. The fraction of sp³-hybridized carbons (Fsp3) is 0.417. The van der Waals surface area contributed by atoms with E-state index in [4.69, 9.17) is 9.47 Å². The second-order valence-electron chi connectivity index (χ2n) is 7.33. The van der Waals surface area contributed by atoms with Gasteiger partial charge in [0.2, 0.25) is 0 Å². The highest BCUT2D eigenvalue weighted by Crippen LogP contribution is 2.29. The highest BCUT2D eigenvalue weighted by Gasteiger charge is 2.23. The van der Waals surface area contributed by atoms with Crippen LogP contribution in [0.5, 0.6) is 11.5 Å². The lowest BCUT2D eigenvalue weighted by Gasteiger charge is -2.36. The van der Waals surface area contributed by atoms with Crippen LogP contribution in [0.4, 0.5) is 5.69 Å². The van der Waals surface area contributed by atoms with Gasteiger partial charge >= 0.3 is 0 Å². The Labute approximate surface area is 178 Å². The van der Waals surface area contributed by atoms with Gasteiger partial charge in [0.05, 0.1) is 13.2 Å². The molecule has 1 aliphatic rings. The quantitative estimate of drug-likeness (QED) is 0.615. The van der Waals surface area contributed by atoms with Crippen LogP contribution in [0.15, 0.2) is 42.5 Å². The van der Waals surface area contributed by atoms with Crippen LogP contribution in [0.25, 0.3) is 0 Å². The third-order valence-electron chi connectivity index (χ3n) is 5.16. The number of anilines is 1. The van der Waals surface area contributed by atoms with Crippen molar-refractivity contribution in [2.24, 2.45) is 0 Å². The minimum Gasteiger partial charge on any atom is -0.490 e. The second-order valence-corrected chi connectivity index (χ2v) is 7.33. The lowest BCUT2D eigenvalue weighted by molar-refractivity contribution is 0.0746. The summed E-state index contributed by atoms with van der Waals surface area (Å²) in [7, 11) is 0. The molecule has 6 nitrogen and oxygen atoms in total. The topological polar surface area (TPSA) is 59.1 Å². The van der Waals surface area contributed by atoms with E-state index in [0.29, 0.717) is 48.9 Å². The number of carbonyl (C=O) groups excluding carboxylic acids is 2. The Bertz CT molecular complexity index is 871. The summed E-state index contributed by atoms with van der Waals surface area (Å²) in [6.07, 6.45) is 0.911. The van der Waals surface area contributed by atoms with E-state index < -0.39 is 0 Å². The summed E-state index contributed by atoms with van der Waals surface area (Å²) in [6.45, 7) is 9.46. The van der Waals surface area contributed by atoms with Crippen LogP contribution in [0.3, 0.4) is 0 Å². The molecule has 6 heteroatoms. The van der Waals surface area contributed by atoms with Gasteiger partial charge < -0.3 is 19.3 Å². The first-order chi connectivity index (χ1) is 14.5. The second kappa shape index (κ2) is 10.1. The summed E-state index contributed by atoms with van der Waals surface area (Å²) >= 11 is 0. The molecule has 30 heavy (non-hydrogen) atoms. The maximum Gasteiger partial charge on any atom is 0.254 e. The lowest BCUT2D eigenvalue weighted by atomic mass is 10.1. The van der Waals surface area contributed by atoms with Gasteiger partial charge in [0.1, 0.15) is 0 Å². The zero-order chi connectivity index (χ0) is 21.5. The molecular formula is C24H30N2O4. The number of amides is 1. The molecule has 1 fully saturated rings. The Morgan fingerprint density at radius 3 is 2.13 bits per heavy atom. The molecule has 0 unspecified atom stereocenters. The van der Waals surface area contributed by atoms with Gasteiger partial charge in [0.15, 0.2) is 17.3 Å². The van der Waals surface area contributed by atoms with Crippen molar-refractivity contribution < 1.29 is 19.1 Å². The van der Waals surface area contributed by atoms with Gasteiger partial charge in [-0.3, -0.25) is 9.59 Å². The smallest absolute Gasteiger partial charge is 0.254 e. The predicted octanol–water partition coefficient (Wildman–Crippen LogP) is 4.04. The Balaban J connectivity index is 1.64. The molecule has 0 atom stereocenters. The van der Waals surface area contributed by atoms with Crippen molar-refractivity contribution >= 4 is 17.4 Å². The number of nitrogens with zero attached hydrogens (tertiary/aromatic N) is 2. The van der Waals surface area contributed by atoms with E-state index in [9.17, 15) is 9.59 Å². The van der Waals surface area contributed by atoms with Crippen molar-refractivity contribution in [3.63, 3.8) is 0 Å². The molecule has 0 bridgehead atoms. The monoisotopic (exact) mass is 410 g/mol.